The monoisotopic (exact) mass is 341 g/mol. The maximum atomic E-state index is 12.3. The Kier molecular flexibility index (Phi) is 5.14. The molecule has 0 unspecified atom stereocenters. The highest BCUT2D eigenvalue weighted by atomic mass is 16.2. The number of hydrogen-bond acceptors (Lipinski definition) is 5. The number of benzene rings is 1. The molecule has 0 spiro atoms. The van der Waals surface area contributed by atoms with Gasteiger partial charge in [-0.15, -0.1) is 5.10 Å². The number of aromatic nitrogens is 3. The Balaban J connectivity index is 1.60. The van der Waals surface area contributed by atoms with Crippen molar-refractivity contribution in [1.29, 1.82) is 0 Å². The van der Waals surface area contributed by atoms with Crippen LogP contribution in [-0.2, 0) is 14.1 Å². The molecule has 0 radical (unpaired) electrons. The van der Waals surface area contributed by atoms with Gasteiger partial charge in [0.15, 0.2) is 0 Å². The van der Waals surface area contributed by atoms with E-state index in [0.717, 1.165) is 37.3 Å². The van der Waals surface area contributed by atoms with Gasteiger partial charge in [0, 0.05) is 46.8 Å². The minimum Gasteiger partial charge on any atom is -0.348 e. The van der Waals surface area contributed by atoms with Crippen molar-refractivity contribution in [3.8, 4) is 0 Å². The van der Waals surface area contributed by atoms with E-state index >= 15 is 0 Å². The number of nitrogens with zero attached hydrogens (tertiary/aromatic N) is 5. The average molecular weight is 341 g/mol. The molecule has 2 heterocycles. The van der Waals surface area contributed by atoms with Gasteiger partial charge >= 0.3 is 5.69 Å². The van der Waals surface area contributed by atoms with Gasteiger partial charge in [0.2, 0.25) is 5.82 Å². The molecule has 0 bridgehead atoms. The highest BCUT2D eigenvalue weighted by Gasteiger charge is 2.21. The lowest BCUT2D eigenvalue weighted by molar-refractivity contribution is 0.282. The fourth-order valence-electron chi connectivity index (χ4n) is 2.92. The van der Waals surface area contributed by atoms with Crippen LogP contribution < -0.4 is 16.1 Å². The summed E-state index contributed by atoms with van der Waals surface area (Å²) in [4.78, 5) is 28.3. The lowest BCUT2D eigenvalue weighted by Crippen LogP contribution is -2.50. The first kappa shape index (κ1) is 17.2. The average Bonchev–Trinajstić information content (AvgIpc) is 2.64. The van der Waals surface area contributed by atoms with Crippen LogP contribution in [0.1, 0.15) is 5.56 Å². The molecule has 132 valence electrons. The molecule has 7 heteroatoms. The molecule has 25 heavy (non-hydrogen) atoms. The van der Waals surface area contributed by atoms with Crippen molar-refractivity contribution in [3.05, 3.63) is 62.8 Å². The summed E-state index contributed by atoms with van der Waals surface area (Å²) in [5.41, 5.74) is 0.456. The second-order valence-corrected chi connectivity index (χ2v) is 6.19. The van der Waals surface area contributed by atoms with Crippen LogP contribution in [0.4, 0.5) is 5.82 Å². The first-order chi connectivity index (χ1) is 12.1. The van der Waals surface area contributed by atoms with E-state index in [-0.39, 0.29) is 5.56 Å². The Morgan fingerprint density at radius 3 is 2.40 bits per heavy atom. The summed E-state index contributed by atoms with van der Waals surface area (Å²) in [6.07, 6.45) is 4.28. The minimum absolute atomic E-state index is 0.333. The van der Waals surface area contributed by atoms with E-state index in [9.17, 15) is 9.59 Å². The molecular weight excluding hydrogens is 318 g/mol. The normalized spacial score (nSPS) is 15.8. The molecule has 0 N–H and O–H groups in total. The van der Waals surface area contributed by atoms with Crippen molar-refractivity contribution in [2.24, 2.45) is 14.1 Å². The van der Waals surface area contributed by atoms with Gasteiger partial charge in [-0.2, -0.15) is 0 Å². The van der Waals surface area contributed by atoms with Crippen LogP contribution in [0.25, 0.3) is 6.08 Å². The first-order valence-corrected chi connectivity index (χ1v) is 8.39. The van der Waals surface area contributed by atoms with Crippen LogP contribution in [0.5, 0.6) is 0 Å². The smallest absolute Gasteiger partial charge is 0.346 e. The molecule has 3 rings (SSSR count). The van der Waals surface area contributed by atoms with Gasteiger partial charge in [-0.25, -0.2) is 9.48 Å². The van der Waals surface area contributed by atoms with Crippen LogP contribution in [-0.4, -0.2) is 52.0 Å². The van der Waals surface area contributed by atoms with Gasteiger partial charge in [-0.1, -0.05) is 42.5 Å². The van der Waals surface area contributed by atoms with Crippen molar-refractivity contribution in [3.63, 3.8) is 0 Å². The van der Waals surface area contributed by atoms with Gasteiger partial charge in [-0.3, -0.25) is 14.3 Å². The molecule has 2 aromatic rings. The van der Waals surface area contributed by atoms with Gasteiger partial charge in [0.1, 0.15) is 0 Å². The maximum Gasteiger partial charge on any atom is 0.346 e. The summed E-state index contributed by atoms with van der Waals surface area (Å²) < 4.78 is 2.32. The molecule has 0 amide bonds. The largest absolute Gasteiger partial charge is 0.348 e. The van der Waals surface area contributed by atoms with Crippen molar-refractivity contribution in [2.45, 2.75) is 0 Å². The molecule has 1 saturated heterocycles. The number of rotatable bonds is 4. The second-order valence-electron chi connectivity index (χ2n) is 6.19. The Bertz CT molecular complexity index is 861. The van der Waals surface area contributed by atoms with Gasteiger partial charge in [0.25, 0.3) is 5.56 Å². The zero-order valence-corrected chi connectivity index (χ0v) is 14.6. The fourth-order valence-corrected chi connectivity index (χ4v) is 2.92. The van der Waals surface area contributed by atoms with Crippen molar-refractivity contribution in [2.75, 3.05) is 37.6 Å². The van der Waals surface area contributed by atoms with E-state index in [1.54, 1.807) is 7.05 Å². The summed E-state index contributed by atoms with van der Waals surface area (Å²) >= 11 is 0. The van der Waals surface area contributed by atoms with E-state index in [4.69, 9.17) is 0 Å². The fraction of sp³-hybridized carbons (Fsp3) is 0.389. The van der Waals surface area contributed by atoms with E-state index in [1.165, 1.54) is 17.3 Å². The number of hydrogen-bond donors (Lipinski definition) is 0. The molecule has 1 fully saturated rings. The summed E-state index contributed by atoms with van der Waals surface area (Å²) in [6.45, 7) is 4.03. The third kappa shape index (κ3) is 3.88. The summed E-state index contributed by atoms with van der Waals surface area (Å²) in [5, 5.41) is 4.15. The lowest BCUT2D eigenvalue weighted by atomic mass is 10.2. The Morgan fingerprint density at radius 1 is 1.04 bits per heavy atom. The molecule has 1 aromatic carbocycles. The Morgan fingerprint density at radius 2 is 1.72 bits per heavy atom. The molecule has 0 atom stereocenters. The third-order valence-corrected chi connectivity index (χ3v) is 4.45. The maximum absolute atomic E-state index is 12.3. The Hall–Kier alpha value is -2.67. The van der Waals surface area contributed by atoms with E-state index in [0.29, 0.717) is 5.82 Å². The molecule has 1 aromatic heterocycles. The number of piperazine rings is 1. The summed E-state index contributed by atoms with van der Waals surface area (Å²) in [5.74, 6) is 0.351. The molecule has 0 saturated carbocycles. The lowest BCUT2D eigenvalue weighted by Gasteiger charge is -2.34. The molecule has 0 aliphatic carbocycles. The first-order valence-electron chi connectivity index (χ1n) is 8.39. The van der Waals surface area contributed by atoms with Crippen LogP contribution in [0.15, 0.2) is 46.0 Å². The quantitative estimate of drug-likeness (QED) is 0.801. The number of anilines is 1. The van der Waals surface area contributed by atoms with Crippen molar-refractivity contribution >= 4 is 11.9 Å². The van der Waals surface area contributed by atoms with Gasteiger partial charge in [0.05, 0.1) is 0 Å². The zero-order valence-electron chi connectivity index (χ0n) is 14.6. The van der Waals surface area contributed by atoms with E-state index in [2.05, 4.69) is 34.3 Å². The van der Waals surface area contributed by atoms with Crippen molar-refractivity contribution in [1.82, 2.24) is 19.2 Å². The van der Waals surface area contributed by atoms with Gasteiger partial charge in [-0.05, 0) is 5.56 Å². The van der Waals surface area contributed by atoms with Crippen LogP contribution >= 0.6 is 0 Å². The van der Waals surface area contributed by atoms with E-state index in [1.807, 2.05) is 23.1 Å². The van der Waals surface area contributed by atoms with Crippen LogP contribution in [0.2, 0.25) is 0 Å². The molecule has 7 nitrogen and oxygen atoms in total. The minimum atomic E-state index is -0.404. The summed E-state index contributed by atoms with van der Waals surface area (Å²) in [6, 6.07) is 10.2. The highest BCUT2D eigenvalue weighted by molar-refractivity contribution is 5.48. The molecule has 1 aliphatic heterocycles. The molecular formula is C18H23N5O2. The predicted octanol–water partition coefficient (Wildman–Crippen LogP) is 0.314. The SMILES string of the molecule is Cn1nc(N2CCN(C/C=C/c3ccccc3)CC2)c(=O)n(C)c1=O. The Labute approximate surface area is 146 Å². The summed E-state index contributed by atoms with van der Waals surface area (Å²) in [7, 11) is 3.05. The molecule has 1 aliphatic rings. The standard InChI is InChI=1S/C18H23N5O2/c1-20-17(24)16(19-21(2)18(20)25)23-13-11-22(12-14-23)10-6-9-15-7-4-3-5-8-15/h3-9H,10-14H2,1-2H3/b9-6+. The van der Waals surface area contributed by atoms with E-state index < -0.39 is 5.69 Å². The number of aryl methyl sites for hydroxylation is 1. The topological polar surface area (TPSA) is 63.4 Å². The highest BCUT2D eigenvalue weighted by Crippen LogP contribution is 2.08. The van der Waals surface area contributed by atoms with Crippen LogP contribution in [0.3, 0.4) is 0 Å². The van der Waals surface area contributed by atoms with Gasteiger partial charge < -0.3 is 4.90 Å². The predicted molar refractivity (Wildman–Crippen MR) is 98.8 cm³/mol. The zero-order chi connectivity index (χ0) is 17.8. The van der Waals surface area contributed by atoms with Crippen LogP contribution in [0, 0.1) is 0 Å². The second kappa shape index (κ2) is 7.48. The third-order valence-electron chi connectivity index (χ3n) is 4.45. The van der Waals surface area contributed by atoms with Crippen molar-refractivity contribution < 1.29 is 0 Å².